The monoisotopic (exact) mass is 340 g/mol. The Balaban J connectivity index is 2.15. The highest BCUT2D eigenvalue weighted by Crippen LogP contribution is 2.26. The SMILES string of the molecule is CC(C)(CCCO)CNS(=O)(=O)c1ccc2c(c1)C(=O)C(=O)N2. The van der Waals surface area contributed by atoms with Gasteiger partial charge in [-0.15, -0.1) is 0 Å². The van der Waals surface area contributed by atoms with Crippen LogP contribution in [0.25, 0.3) is 0 Å². The molecule has 0 atom stereocenters. The minimum absolute atomic E-state index is 0.0564. The molecule has 1 aromatic carbocycles. The molecule has 0 unspecified atom stereocenters. The molecule has 1 amide bonds. The largest absolute Gasteiger partial charge is 0.396 e. The van der Waals surface area contributed by atoms with Crippen LogP contribution in [0.1, 0.15) is 37.0 Å². The number of rotatable bonds is 7. The first-order valence-electron chi connectivity index (χ1n) is 7.26. The number of benzene rings is 1. The standard InChI is InChI=1S/C15H20N2O5S/c1-15(2,6-3-7-18)9-16-23(21,22)10-4-5-12-11(8-10)13(19)14(20)17-12/h4-5,8,16,18H,3,6-7,9H2,1-2H3,(H,17,19,20). The molecule has 126 valence electrons. The molecule has 1 aliphatic heterocycles. The fraction of sp³-hybridized carbons (Fsp3) is 0.467. The summed E-state index contributed by atoms with van der Waals surface area (Å²) in [5, 5.41) is 11.2. The lowest BCUT2D eigenvalue weighted by Crippen LogP contribution is -2.34. The predicted octanol–water partition coefficient (Wildman–Crippen LogP) is 0.898. The molecule has 0 aromatic heterocycles. The molecule has 0 saturated carbocycles. The Bertz CT molecular complexity index is 740. The molecular weight excluding hydrogens is 320 g/mol. The zero-order valence-corrected chi connectivity index (χ0v) is 13.9. The normalized spacial score (nSPS) is 14.7. The van der Waals surface area contributed by atoms with Crippen molar-refractivity contribution < 1.29 is 23.1 Å². The minimum atomic E-state index is -3.78. The molecule has 1 heterocycles. The molecule has 1 aliphatic rings. The molecular formula is C15H20N2O5S. The molecule has 3 N–H and O–H groups in total. The number of anilines is 1. The number of hydrogen-bond donors (Lipinski definition) is 3. The molecule has 0 radical (unpaired) electrons. The van der Waals surface area contributed by atoms with Crippen molar-refractivity contribution in [1.82, 2.24) is 4.72 Å². The summed E-state index contributed by atoms with van der Waals surface area (Å²) in [5.74, 6) is -1.49. The second-order valence-electron chi connectivity index (χ2n) is 6.31. The van der Waals surface area contributed by atoms with E-state index in [2.05, 4.69) is 10.0 Å². The van der Waals surface area contributed by atoms with Crippen molar-refractivity contribution in [3.63, 3.8) is 0 Å². The summed E-state index contributed by atoms with van der Waals surface area (Å²) in [6, 6.07) is 3.96. The van der Waals surface area contributed by atoms with E-state index in [-0.39, 0.29) is 29.0 Å². The van der Waals surface area contributed by atoms with Gasteiger partial charge in [0.1, 0.15) is 0 Å². The van der Waals surface area contributed by atoms with Crippen LogP contribution in [0.5, 0.6) is 0 Å². The second kappa shape index (κ2) is 6.38. The van der Waals surface area contributed by atoms with Gasteiger partial charge in [0.25, 0.3) is 11.7 Å². The second-order valence-corrected chi connectivity index (χ2v) is 8.07. The number of nitrogens with one attached hydrogen (secondary N) is 2. The van der Waals surface area contributed by atoms with Crippen molar-refractivity contribution in [1.29, 1.82) is 0 Å². The van der Waals surface area contributed by atoms with Crippen LogP contribution in [0.15, 0.2) is 23.1 Å². The fourth-order valence-electron chi connectivity index (χ4n) is 2.31. The highest BCUT2D eigenvalue weighted by atomic mass is 32.2. The van der Waals surface area contributed by atoms with Gasteiger partial charge in [0, 0.05) is 13.2 Å². The van der Waals surface area contributed by atoms with Crippen molar-refractivity contribution in [2.75, 3.05) is 18.5 Å². The number of carbonyl (C=O) groups is 2. The first-order chi connectivity index (χ1) is 10.7. The number of carbonyl (C=O) groups excluding carboxylic acids is 2. The van der Waals surface area contributed by atoms with Crippen LogP contribution in [-0.4, -0.2) is 38.4 Å². The van der Waals surface area contributed by atoms with Crippen LogP contribution < -0.4 is 10.0 Å². The highest BCUT2D eigenvalue weighted by Gasteiger charge is 2.30. The summed E-state index contributed by atoms with van der Waals surface area (Å²) in [6.07, 6.45) is 1.27. The Labute approximate surface area is 135 Å². The van der Waals surface area contributed by atoms with E-state index in [1.165, 1.54) is 18.2 Å². The number of amides is 1. The third kappa shape index (κ3) is 3.95. The van der Waals surface area contributed by atoms with Gasteiger partial charge in [0.05, 0.1) is 16.1 Å². The maximum absolute atomic E-state index is 12.4. The summed E-state index contributed by atoms with van der Waals surface area (Å²) >= 11 is 0. The molecule has 0 spiro atoms. The van der Waals surface area contributed by atoms with Crippen LogP contribution in [0, 0.1) is 5.41 Å². The van der Waals surface area contributed by atoms with E-state index < -0.39 is 21.7 Å². The number of hydrogen-bond acceptors (Lipinski definition) is 5. The smallest absolute Gasteiger partial charge is 0.296 e. The molecule has 7 nitrogen and oxygen atoms in total. The van der Waals surface area contributed by atoms with Gasteiger partial charge in [-0.25, -0.2) is 13.1 Å². The Kier molecular flexibility index (Phi) is 4.88. The summed E-state index contributed by atoms with van der Waals surface area (Å²) < 4.78 is 27.2. The van der Waals surface area contributed by atoms with Crippen LogP contribution in [0.3, 0.4) is 0 Å². The van der Waals surface area contributed by atoms with E-state index in [1.54, 1.807) is 0 Å². The number of aliphatic hydroxyl groups is 1. The summed E-state index contributed by atoms with van der Waals surface area (Å²) in [6.45, 7) is 4.07. The van der Waals surface area contributed by atoms with Gasteiger partial charge in [0.15, 0.2) is 0 Å². The van der Waals surface area contributed by atoms with E-state index in [0.717, 1.165) is 0 Å². The maximum Gasteiger partial charge on any atom is 0.296 e. The van der Waals surface area contributed by atoms with Gasteiger partial charge in [0.2, 0.25) is 10.0 Å². The quantitative estimate of drug-likeness (QED) is 0.638. The number of sulfonamides is 1. The first-order valence-corrected chi connectivity index (χ1v) is 8.75. The topological polar surface area (TPSA) is 113 Å². The van der Waals surface area contributed by atoms with E-state index >= 15 is 0 Å². The molecule has 0 aliphatic carbocycles. The number of Topliss-reactive ketones (excluding diaryl/α,β-unsaturated/α-hetero) is 1. The number of fused-ring (bicyclic) bond motifs is 1. The lowest BCUT2D eigenvalue weighted by atomic mass is 9.88. The van der Waals surface area contributed by atoms with Gasteiger partial charge in [-0.2, -0.15) is 0 Å². The Morgan fingerprint density at radius 1 is 1.26 bits per heavy atom. The average Bonchev–Trinajstić information content (AvgIpc) is 2.78. The number of ketones is 1. The molecule has 2 rings (SSSR count). The fourth-order valence-corrected chi connectivity index (χ4v) is 3.58. The van der Waals surface area contributed by atoms with E-state index in [0.29, 0.717) is 18.5 Å². The van der Waals surface area contributed by atoms with Crippen LogP contribution in [0.4, 0.5) is 5.69 Å². The average molecular weight is 340 g/mol. The molecule has 8 heteroatoms. The van der Waals surface area contributed by atoms with Crippen molar-refractivity contribution in [2.45, 2.75) is 31.6 Å². The van der Waals surface area contributed by atoms with Crippen LogP contribution in [0.2, 0.25) is 0 Å². The third-order valence-electron chi connectivity index (χ3n) is 3.75. The summed E-state index contributed by atoms with van der Waals surface area (Å²) in [7, 11) is -3.78. The van der Waals surface area contributed by atoms with Crippen LogP contribution >= 0.6 is 0 Å². The predicted molar refractivity (Wildman–Crippen MR) is 84.7 cm³/mol. The lowest BCUT2D eigenvalue weighted by molar-refractivity contribution is -0.112. The van der Waals surface area contributed by atoms with Gasteiger partial charge < -0.3 is 10.4 Å². The Morgan fingerprint density at radius 3 is 2.61 bits per heavy atom. The van der Waals surface area contributed by atoms with Gasteiger partial charge in [-0.3, -0.25) is 9.59 Å². The molecule has 0 bridgehead atoms. The number of aliphatic hydroxyl groups excluding tert-OH is 1. The summed E-state index contributed by atoms with van der Waals surface area (Å²) in [5.41, 5.74) is 0.0829. The lowest BCUT2D eigenvalue weighted by Gasteiger charge is -2.24. The third-order valence-corrected chi connectivity index (χ3v) is 5.15. The van der Waals surface area contributed by atoms with Gasteiger partial charge in [-0.1, -0.05) is 13.8 Å². The van der Waals surface area contributed by atoms with Crippen LogP contribution in [-0.2, 0) is 14.8 Å². The van der Waals surface area contributed by atoms with E-state index in [1.807, 2.05) is 13.8 Å². The molecule has 1 aromatic rings. The Morgan fingerprint density at radius 2 is 1.96 bits per heavy atom. The zero-order chi connectivity index (χ0) is 17.3. The summed E-state index contributed by atoms with van der Waals surface area (Å²) in [4.78, 5) is 22.9. The van der Waals surface area contributed by atoms with Crippen molar-refractivity contribution in [3.05, 3.63) is 23.8 Å². The molecule has 0 fully saturated rings. The van der Waals surface area contributed by atoms with Crippen molar-refractivity contribution in [3.8, 4) is 0 Å². The van der Waals surface area contributed by atoms with Gasteiger partial charge >= 0.3 is 0 Å². The van der Waals surface area contributed by atoms with Crippen molar-refractivity contribution in [2.24, 2.45) is 5.41 Å². The Hall–Kier alpha value is -1.77. The maximum atomic E-state index is 12.4. The van der Waals surface area contributed by atoms with Gasteiger partial charge in [-0.05, 0) is 36.5 Å². The zero-order valence-electron chi connectivity index (χ0n) is 13.0. The first kappa shape index (κ1) is 17.6. The van der Waals surface area contributed by atoms with E-state index in [9.17, 15) is 18.0 Å². The molecule has 23 heavy (non-hydrogen) atoms. The van der Waals surface area contributed by atoms with E-state index in [4.69, 9.17) is 5.11 Å². The highest BCUT2D eigenvalue weighted by molar-refractivity contribution is 7.89. The minimum Gasteiger partial charge on any atom is -0.396 e. The molecule has 0 saturated heterocycles. The van der Waals surface area contributed by atoms with Crippen molar-refractivity contribution >= 4 is 27.4 Å².